The van der Waals surface area contributed by atoms with Crippen molar-refractivity contribution in [1.82, 2.24) is 0 Å². The predicted octanol–water partition coefficient (Wildman–Crippen LogP) is 18.3. The van der Waals surface area contributed by atoms with E-state index in [0.29, 0.717) is 25.7 Å². The summed E-state index contributed by atoms with van der Waals surface area (Å²) in [5, 5.41) is 0. The molecule has 0 aliphatic rings. The second kappa shape index (κ2) is 54.7. The normalized spacial score (nSPS) is 12.9. The first-order chi connectivity index (χ1) is 33.0. The summed E-state index contributed by atoms with van der Waals surface area (Å²) in [4.78, 5) is 38.0. The van der Waals surface area contributed by atoms with E-state index in [4.69, 9.17) is 14.2 Å². The lowest BCUT2D eigenvalue weighted by molar-refractivity contribution is -0.167. The van der Waals surface area contributed by atoms with Crippen LogP contribution in [0.25, 0.3) is 0 Å². The van der Waals surface area contributed by atoms with E-state index >= 15 is 0 Å². The maximum Gasteiger partial charge on any atom is 0.306 e. The van der Waals surface area contributed by atoms with E-state index in [1.54, 1.807) is 0 Å². The first-order valence-corrected chi connectivity index (χ1v) is 27.4. The molecule has 0 saturated heterocycles. The van der Waals surface area contributed by atoms with Crippen LogP contribution in [0.5, 0.6) is 0 Å². The molecule has 0 spiro atoms. The van der Waals surface area contributed by atoms with E-state index in [0.717, 1.165) is 122 Å². The number of carbonyl (C=O) groups is 3. The zero-order valence-electron chi connectivity index (χ0n) is 43.4. The van der Waals surface area contributed by atoms with Gasteiger partial charge in [-0.1, -0.05) is 207 Å². The minimum atomic E-state index is -0.805. The van der Waals surface area contributed by atoms with Gasteiger partial charge in [-0.15, -0.1) is 0 Å². The van der Waals surface area contributed by atoms with Gasteiger partial charge in [0.2, 0.25) is 0 Å². The van der Waals surface area contributed by atoms with Crippen LogP contribution in [-0.2, 0) is 28.6 Å². The first-order valence-electron chi connectivity index (χ1n) is 27.4. The molecule has 1 unspecified atom stereocenters. The summed E-state index contributed by atoms with van der Waals surface area (Å²) in [7, 11) is 0. The molecule has 0 fully saturated rings. The van der Waals surface area contributed by atoms with Gasteiger partial charge in [0, 0.05) is 19.3 Å². The maximum absolute atomic E-state index is 12.8. The van der Waals surface area contributed by atoms with Gasteiger partial charge in [-0.3, -0.25) is 14.4 Å². The zero-order chi connectivity index (χ0) is 48.6. The highest BCUT2D eigenvalue weighted by Crippen LogP contribution is 2.13. The smallest absolute Gasteiger partial charge is 0.306 e. The molecule has 6 nitrogen and oxygen atoms in total. The molecular weight excluding hydrogens is 829 g/mol. The van der Waals surface area contributed by atoms with E-state index in [1.165, 1.54) is 70.6 Å². The molecule has 0 aromatic carbocycles. The highest BCUT2D eigenvalue weighted by Gasteiger charge is 2.19. The van der Waals surface area contributed by atoms with Gasteiger partial charge < -0.3 is 14.2 Å². The van der Waals surface area contributed by atoms with Crippen LogP contribution in [0.4, 0.5) is 0 Å². The third kappa shape index (κ3) is 52.9. The Hall–Kier alpha value is -3.93. The second-order valence-electron chi connectivity index (χ2n) is 17.7. The van der Waals surface area contributed by atoms with Crippen LogP contribution in [0.2, 0.25) is 0 Å². The number of ether oxygens (including phenoxy) is 3. The third-order valence-electron chi connectivity index (χ3n) is 11.2. The Morgan fingerprint density at radius 2 is 0.612 bits per heavy atom. The van der Waals surface area contributed by atoms with E-state index in [1.807, 2.05) is 0 Å². The van der Waals surface area contributed by atoms with Crippen molar-refractivity contribution in [3.63, 3.8) is 0 Å². The van der Waals surface area contributed by atoms with Gasteiger partial charge >= 0.3 is 17.9 Å². The average Bonchev–Trinajstić information content (AvgIpc) is 3.33. The van der Waals surface area contributed by atoms with E-state index in [-0.39, 0.29) is 31.1 Å². The molecule has 0 aromatic rings. The van der Waals surface area contributed by atoms with Gasteiger partial charge in [-0.05, 0) is 122 Å². The molecule has 0 radical (unpaired) electrons. The van der Waals surface area contributed by atoms with Crippen LogP contribution in [0.15, 0.2) is 109 Å². The number of unbranched alkanes of at least 4 members (excludes halogenated alkanes) is 19. The third-order valence-corrected chi connectivity index (χ3v) is 11.2. The molecule has 0 N–H and O–H groups in total. The predicted molar refractivity (Wildman–Crippen MR) is 288 cm³/mol. The molecule has 0 amide bonds. The summed E-state index contributed by atoms with van der Waals surface area (Å²) in [6.45, 7) is 6.39. The van der Waals surface area contributed by atoms with Crippen molar-refractivity contribution in [1.29, 1.82) is 0 Å². The topological polar surface area (TPSA) is 78.9 Å². The maximum atomic E-state index is 12.8. The Bertz CT molecular complexity index is 1390. The molecule has 0 rings (SSSR count). The summed E-state index contributed by atoms with van der Waals surface area (Å²) in [6.07, 6.45) is 73.6. The number of hydrogen-bond donors (Lipinski definition) is 0. The molecular formula is C61H100O6. The molecule has 6 heteroatoms. The van der Waals surface area contributed by atoms with Crippen LogP contribution < -0.4 is 0 Å². The van der Waals surface area contributed by atoms with Crippen LogP contribution in [0.3, 0.4) is 0 Å². The molecule has 0 bridgehead atoms. The summed E-state index contributed by atoms with van der Waals surface area (Å²) in [5.74, 6) is -0.968. The molecule has 0 saturated carbocycles. The van der Waals surface area contributed by atoms with Crippen molar-refractivity contribution < 1.29 is 28.6 Å². The van der Waals surface area contributed by atoms with Crippen molar-refractivity contribution in [2.45, 2.75) is 245 Å². The fourth-order valence-corrected chi connectivity index (χ4v) is 7.12. The average molecular weight is 929 g/mol. The minimum absolute atomic E-state index is 0.102. The van der Waals surface area contributed by atoms with Crippen LogP contribution in [0.1, 0.15) is 239 Å². The van der Waals surface area contributed by atoms with Crippen molar-refractivity contribution in [3.05, 3.63) is 109 Å². The Morgan fingerprint density at radius 1 is 0.313 bits per heavy atom. The zero-order valence-corrected chi connectivity index (χ0v) is 43.4. The van der Waals surface area contributed by atoms with Crippen LogP contribution in [-0.4, -0.2) is 37.2 Å². The molecule has 1 atom stereocenters. The van der Waals surface area contributed by atoms with E-state index in [9.17, 15) is 14.4 Å². The lowest BCUT2D eigenvalue weighted by Crippen LogP contribution is -2.30. The molecule has 380 valence electrons. The van der Waals surface area contributed by atoms with Crippen LogP contribution >= 0.6 is 0 Å². The van der Waals surface area contributed by atoms with Crippen molar-refractivity contribution in [2.75, 3.05) is 13.2 Å². The largest absolute Gasteiger partial charge is 0.462 e. The summed E-state index contributed by atoms with van der Waals surface area (Å²) in [5.41, 5.74) is 0. The highest BCUT2D eigenvalue weighted by atomic mass is 16.6. The summed E-state index contributed by atoms with van der Waals surface area (Å²) in [6, 6.07) is 0. The number of rotatable bonds is 48. The van der Waals surface area contributed by atoms with Gasteiger partial charge in [0.15, 0.2) is 6.10 Å². The number of hydrogen-bond acceptors (Lipinski definition) is 6. The van der Waals surface area contributed by atoms with Gasteiger partial charge in [0.25, 0.3) is 0 Å². The van der Waals surface area contributed by atoms with Gasteiger partial charge in [0.1, 0.15) is 13.2 Å². The lowest BCUT2D eigenvalue weighted by Gasteiger charge is -2.18. The molecule has 67 heavy (non-hydrogen) atoms. The van der Waals surface area contributed by atoms with Gasteiger partial charge in [-0.2, -0.15) is 0 Å². The Morgan fingerprint density at radius 3 is 1.01 bits per heavy atom. The van der Waals surface area contributed by atoms with Crippen molar-refractivity contribution in [3.8, 4) is 0 Å². The SMILES string of the molecule is CC/C=C\C/C=C\C/C=C\C/C=C\C/C=C\C/C=C\CCCCC(=O)OCC(COC(=O)CCCCCCC/C=C\CCC)OC(=O)CCCCCCCCC/C=C\C/C=C\CCCCCC. The fraction of sp³-hybridized carbons (Fsp3) is 0.656. The second-order valence-corrected chi connectivity index (χ2v) is 17.7. The standard InChI is InChI=1S/C61H100O6/c1-4-7-10-13-16-19-22-24-26-28-30-31-32-34-35-37-39-42-45-48-51-54-60(63)66-57-58(56-65-59(62)53-50-47-44-41-21-18-15-12-9-6-3)67-61(64)55-52-49-46-43-40-38-36-33-29-27-25-23-20-17-14-11-8-5-2/h7,10,12,15-16,19-20,23-24,26-27,29-31,34-35,39,42,58H,4-6,8-9,11,13-14,17-18,21-22,25,28,32-33,36-38,40-41,43-57H2,1-3H3/b10-7-,15-12-,19-16-,23-20-,26-24-,29-27-,31-30-,35-34-,42-39-. The van der Waals surface area contributed by atoms with E-state index < -0.39 is 6.10 Å². The molecule has 0 heterocycles. The minimum Gasteiger partial charge on any atom is -0.462 e. The lowest BCUT2D eigenvalue weighted by atomic mass is 10.1. The van der Waals surface area contributed by atoms with Crippen LogP contribution in [0, 0.1) is 0 Å². The molecule has 0 aliphatic carbocycles. The van der Waals surface area contributed by atoms with Gasteiger partial charge in [-0.25, -0.2) is 0 Å². The summed E-state index contributed by atoms with van der Waals surface area (Å²) >= 11 is 0. The Labute approximate surface area is 412 Å². The van der Waals surface area contributed by atoms with Gasteiger partial charge in [0.05, 0.1) is 0 Å². The molecule has 0 aliphatic heterocycles. The Kier molecular flexibility index (Phi) is 51.5. The number of carbonyl (C=O) groups excluding carboxylic acids is 3. The number of esters is 3. The number of allylic oxidation sites excluding steroid dienone is 18. The van der Waals surface area contributed by atoms with Crippen molar-refractivity contribution >= 4 is 17.9 Å². The van der Waals surface area contributed by atoms with E-state index in [2.05, 4.69) is 130 Å². The highest BCUT2D eigenvalue weighted by molar-refractivity contribution is 5.71. The fourth-order valence-electron chi connectivity index (χ4n) is 7.12. The Balaban J connectivity index is 4.44. The quantitative estimate of drug-likeness (QED) is 0.0262. The first kappa shape index (κ1) is 63.1. The summed E-state index contributed by atoms with van der Waals surface area (Å²) < 4.78 is 16.8. The monoisotopic (exact) mass is 929 g/mol. The molecule has 0 aromatic heterocycles. The van der Waals surface area contributed by atoms with Crippen molar-refractivity contribution in [2.24, 2.45) is 0 Å².